The van der Waals surface area contributed by atoms with E-state index in [1.807, 2.05) is 0 Å². The summed E-state index contributed by atoms with van der Waals surface area (Å²) >= 11 is 0. The largest absolute Gasteiger partial charge is 0.497 e. The summed E-state index contributed by atoms with van der Waals surface area (Å²) in [7, 11) is 2.72. The number of rotatable bonds is 7. The average molecular weight is 309 g/mol. The summed E-state index contributed by atoms with van der Waals surface area (Å²) in [5.74, 6) is -1.55. The zero-order valence-electron chi connectivity index (χ0n) is 13.2. The van der Waals surface area contributed by atoms with Gasteiger partial charge in [-0.1, -0.05) is 26.0 Å². The van der Waals surface area contributed by atoms with Crippen molar-refractivity contribution in [2.24, 2.45) is 5.92 Å². The maximum absolute atomic E-state index is 12.1. The van der Waals surface area contributed by atoms with E-state index in [0.29, 0.717) is 5.75 Å². The summed E-state index contributed by atoms with van der Waals surface area (Å²) in [6.45, 7) is 3.19. The van der Waals surface area contributed by atoms with Crippen LogP contribution < -0.4 is 4.74 Å². The van der Waals surface area contributed by atoms with Crippen LogP contribution in [-0.4, -0.2) is 36.9 Å². The summed E-state index contributed by atoms with van der Waals surface area (Å²) in [4.78, 5) is 23.4. The van der Waals surface area contributed by atoms with E-state index in [2.05, 4.69) is 4.74 Å². The molecule has 0 heterocycles. The molecule has 6 heteroatoms. The van der Waals surface area contributed by atoms with E-state index in [9.17, 15) is 14.7 Å². The lowest BCUT2D eigenvalue weighted by atomic mass is 9.87. The van der Waals surface area contributed by atoms with Crippen LogP contribution in [0.25, 0.3) is 0 Å². The zero-order valence-corrected chi connectivity index (χ0v) is 13.2. The minimum Gasteiger partial charge on any atom is -0.497 e. The van der Waals surface area contributed by atoms with Crippen LogP contribution in [0, 0.1) is 12.3 Å². The molecule has 1 unspecified atom stereocenters. The van der Waals surface area contributed by atoms with Crippen LogP contribution in [0.2, 0.25) is 0 Å². The van der Waals surface area contributed by atoms with Crippen LogP contribution in [0.3, 0.4) is 0 Å². The molecule has 0 saturated carbocycles. The fraction of sp³-hybridized carbons (Fsp3) is 0.438. The fourth-order valence-corrected chi connectivity index (χ4v) is 1.69. The highest BCUT2D eigenvalue weighted by molar-refractivity contribution is 5.92. The summed E-state index contributed by atoms with van der Waals surface area (Å²) in [5.41, 5.74) is -1.29. The summed E-state index contributed by atoms with van der Waals surface area (Å²) in [5, 5.41) is 10.4. The topological polar surface area (TPSA) is 82.1 Å². The van der Waals surface area contributed by atoms with Crippen molar-refractivity contribution >= 4 is 11.9 Å². The first kappa shape index (κ1) is 18.0. The molecule has 0 spiro atoms. The first-order chi connectivity index (χ1) is 10.3. The third-order valence-corrected chi connectivity index (χ3v) is 3.28. The molecule has 6 nitrogen and oxygen atoms in total. The molecule has 0 aromatic heterocycles. The van der Waals surface area contributed by atoms with Gasteiger partial charge in [0.25, 0.3) is 0 Å². The molecule has 1 radical (unpaired) electrons. The number of benzene rings is 1. The maximum atomic E-state index is 12.1. The van der Waals surface area contributed by atoms with E-state index >= 15 is 0 Å². The monoisotopic (exact) mass is 309 g/mol. The smallest absolute Gasteiger partial charge is 0.339 e. The Balaban J connectivity index is 2.72. The van der Waals surface area contributed by atoms with Crippen molar-refractivity contribution in [2.75, 3.05) is 14.2 Å². The second-order valence-electron chi connectivity index (χ2n) is 5.07. The van der Waals surface area contributed by atoms with Gasteiger partial charge in [-0.25, -0.2) is 4.79 Å². The van der Waals surface area contributed by atoms with Crippen molar-refractivity contribution in [1.82, 2.24) is 0 Å². The molecule has 0 amide bonds. The molecule has 0 aliphatic rings. The van der Waals surface area contributed by atoms with E-state index in [4.69, 9.17) is 9.47 Å². The van der Waals surface area contributed by atoms with Gasteiger partial charge >= 0.3 is 11.9 Å². The highest BCUT2D eigenvalue weighted by atomic mass is 16.6. The Morgan fingerprint density at radius 2 is 1.82 bits per heavy atom. The summed E-state index contributed by atoms with van der Waals surface area (Å²) in [6.07, 6.45) is 0.827. The average Bonchev–Trinajstić information content (AvgIpc) is 2.52. The molecule has 1 aromatic carbocycles. The van der Waals surface area contributed by atoms with Crippen LogP contribution in [0.1, 0.15) is 19.4 Å². The molecule has 0 fully saturated rings. The first-order valence-corrected chi connectivity index (χ1v) is 6.80. The van der Waals surface area contributed by atoms with Gasteiger partial charge in [0, 0.05) is 0 Å². The molecule has 1 N–H and O–H groups in total. The Bertz CT molecular complexity index is 508. The van der Waals surface area contributed by atoms with Gasteiger partial charge in [0.15, 0.2) is 5.60 Å². The molecule has 121 valence electrons. The Hall–Kier alpha value is -2.08. The molecule has 1 rings (SSSR count). The van der Waals surface area contributed by atoms with Crippen molar-refractivity contribution in [1.29, 1.82) is 0 Å². The van der Waals surface area contributed by atoms with Gasteiger partial charge in [-0.15, -0.1) is 0 Å². The lowest BCUT2D eigenvalue weighted by molar-refractivity contribution is -0.170. The molecule has 0 saturated heterocycles. The number of methoxy groups -OCH3 is 2. The minimum atomic E-state index is -2.03. The Morgan fingerprint density at radius 3 is 2.27 bits per heavy atom. The number of esters is 2. The Labute approximate surface area is 130 Å². The van der Waals surface area contributed by atoms with Gasteiger partial charge in [-0.2, -0.15) is 0 Å². The Morgan fingerprint density at radius 1 is 1.23 bits per heavy atom. The first-order valence-electron chi connectivity index (χ1n) is 6.80. The molecular formula is C16H21O6. The number of ether oxygens (including phenoxy) is 3. The molecule has 22 heavy (non-hydrogen) atoms. The predicted octanol–water partition coefficient (Wildman–Crippen LogP) is 1.50. The van der Waals surface area contributed by atoms with E-state index in [0.717, 1.165) is 12.0 Å². The zero-order chi connectivity index (χ0) is 16.8. The van der Waals surface area contributed by atoms with E-state index in [1.54, 1.807) is 45.2 Å². The fourth-order valence-electron chi connectivity index (χ4n) is 1.69. The predicted molar refractivity (Wildman–Crippen MR) is 78.9 cm³/mol. The number of aliphatic hydroxyl groups is 1. The van der Waals surface area contributed by atoms with Crippen LogP contribution in [0.4, 0.5) is 0 Å². The van der Waals surface area contributed by atoms with E-state index in [1.165, 1.54) is 7.11 Å². The normalized spacial score (nSPS) is 13.4. The molecule has 0 aliphatic heterocycles. The van der Waals surface area contributed by atoms with Crippen molar-refractivity contribution < 1.29 is 28.9 Å². The summed E-state index contributed by atoms with van der Waals surface area (Å²) < 4.78 is 14.6. The third kappa shape index (κ3) is 4.46. The van der Waals surface area contributed by atoms with Gasteiger partial charge in [0.05, 0.1) is 14.2 Å². The highest BCUT2D eigenvalue weighted by Crippen LogP contribution is 2.23. The molecule has 1 aromatic rings. The number of carbonyl (C=O) groups is 2. The van der Waals surface area contributed by atoms with Gasteiger partial charge in [0.1, 0.15) is 18.8 Å². The molecule has 0 bridgehead atoms. The Kier molecular flexibility index (Phi) is 6.37. The molecular weight excluding hydrogens is 288 g/mol. The van der Waals surface area contributed by atoms with Crippen LogP contribution in [0.5, 0.6) is 5.75 Å². The lowest BCUT2D eigenvalue weighted by Gasteiger charge is -2.28. The van der Waals surface area contributed by atoms with Crippen molar-refractivity contribution in [3.8, 4) is 5.75 Å². The number of carbonyl (C=O) groups excluding carboxylic acids is 2. The number of hydrogen-bond donors (Lipinski definition) is 1. The van der Waals surface area contributed by atoms with Crippen molar-refractivity contribution in [2.45, 2.75) is 26.1 Å². The van der Waals surface area contributed by atoms with Gasteiger partial charge in [-0.05, 0) is 23.6 Å². The highest BCUT2D eigenvalue weighted by Gasteiger charge is 2.44. The van der Waals surface area contributed by atoms with Gasteiger partial charge in [0.2, 0.25) is 0 Å². The molecule has 1 atom stereocenters. The quantitative estimate of drug-likeness (QED) is 0.769. The minimum absolute atomic E-state index is 0.0210. The summed E-state index contributed by atoms with van der Waals surface area (Å²) in [6, 6.07) is 6.95. The second-order valence-corrected chi connectivity index (χ2v) is 5.07. The third-order valence-electron chi connectivity index (χ3n) is 3.28. The van der Waals surface area contributed by atoms with Gasteiger partial charge < -0.3 is 19.3 Å². The maximum Gasteiger partial charge on any atom is 0.339 e. The van der Waals surface area contributed by atoms with E-state index < -0.39 is 23.5 Å². The van der Waals surface area contributed by atoms with Crippen molar-refractivity contribution in [3.63, 3.8) is 0 Å². The van der Waals surface area contributed by atoms with Crippen LogP contribution in [-0.2, 0) is 25.7 Å². The van der Waals surface area contributed by atoms with Crippen molar-refractivity contribution in [3.05, 3.63) is 36.2 Å². The second kappa shape index (κ2) is 7.79. The number of hydrogen-bond acceptors (Lipinski definition) is 6. The van der Waals surface area contributed by atoms with E-state index in [-0.39, 0.29) is 6.61 Å². The standard InChI is InChI=1S/C16H21O6/c1-11(2)16(19,9-14(17)21-4)15(18)22-10-12-5-7-13(20-3)8-6-12/h5-9,11,19H,10H2,1-4H3. The molecule has 0 aliphatic carbocycles. The van der Waals surface area contributed by atoms with Gasteiger partial charge in [-0.3, -0.25) is 4.79 Å². The van der Waals surface area contributed by atoms with Crippen LogP contribution in [0.15, 0.2) is 24.3 Å². The SMILES string of the molecule is COC(=O)[CH]C(O)(C(=O)OCc1ccc(OC)cc1)C(C)C. The lowest BCUT2D eigenvalue weighted by Crippen LogP contribution is -2.47. The van der Waals surface area contributed by atoms with Crippen LogP contribution >= 0.6 is 0 Å².